The largest absolute Gasteiger partial charge is 0.508 e. The van der Waals surface area contributed by atoms with E-state index in [0.717, 1.165) is 38.6 Å². The predicted molar refractivity (Wildman–Crippen MR) is 82.2 cm³/mol. The molecule has 4 heteroatoms. The number of phenols is 1. The highest BCUT2D eigenvalue weighted by Gasteiger charge is 2.23. The fraction of sp³-hybridized carbons (Fsp3) is 0.588. The molecule has 1 aromatic rings. The number of rotatable bonds is 6. The van der Waals surface area contributed by atoms with E-state index in [9.17, 15) is 9.90 Å². The topological polar surface area (TPSA) is 61.4 Å². The highest BCUT2D eigenvalue weighted by atomic mass is 16.3. The molecule has 3 N–H and O–H groups in total. The lowest BCUT2D eigenvalue weighted by Crippen LogP contribution is -2.29. The first-order chi connectivity index (χ1) is 10.2. The molecule has 114 valence electrons. The molecule has 0 aliphatic heterocycles. The Labute approximate surface area is 125 Å². The van der Waals surface area contributed by atoms with Crippen molar-refractivity contribution in [3.8, 4) is 5.75 Å². The lowest BCUT2D eigenvalue weighted by molar-refractivity contribution is -0.121. The molecule has 0 radical (unpaired) electrons. The van der Waals surface area contributed by atoms with Crippen molar-refractivity contribution in [2.24, 2.45) is 0 Å². The standard InChI is InChI=1S/C17H24N2O2/c20-14-9-6-12-3-1-4-16(15(12)11-14)18-10-2-5-17(21)19-13-7-8-13/h6,9,11,13,16,18,20H,1-5,7-8,10H2,(H,19,21). The minimum Gasteiger partial charge on any atom is -0.508 e. The number of nitrogens with one attached hydrogen (secondary N) is 2. The number of carbonyl (C=O) groups is 1. The molecule has 0 saturated heterocycles. The van der Waals surface area contributed by atoms with Crippen molar-refractivity contribution in [3.63, 3.8) is 0 Å². The van der Waals surface area contributed by atoms with Crippen LogP contribution in [0.15, 0.2) is 18.2 Å². The minimum absolute atomic E-state index is 0.181. The second-order valence-electron chi connectivity index (χ2n) is 6.23. The summed E-state index contributed by atoms with van der Waals surface area (Å²) in [6, 6.07) is 6.45. The van der Waals surface area contributed by atoms with Gasteiger partial charge in [-0.2, -0.15) is 0 Å². The molecule has 1 amide bonds. The molecular weight excluding hydrogens is 264 g/mol. The van der Waals surface area contributed by atoms with E-state index in [1.165, 1.54) is 17.5 Å². The monoisotopic (exact) mass is 288 g/mol. The van der Waals surface area contributed by atoms with Crippen molar-refractivity contribution in [2.75, 3.05) is 6.54 Å². The second kappa shape index (κ2) is 6.48. The molecule has 0 heterocycles. The summed E-state index contributed by atoms with van der Waals surface area (Å²) >= 11 is 0. The van der Waals surface area contributed by atoms with Crippen molar-refractivity contribution < 1.29 is 9.90 Å². The number of aryl methyl sites for hydroxylation is 1. The van der Waals surface area contributed by atoms with Gasteiger partial charge in [0.2, 0.25) is 5.91 Å². The zero-order chi connectivity index (χ0) is 14.7. The maximum atomic E-state index is 11.6. The molecule has 0 aromatic heterocycles. The van der Waals surface area contributed by atoms with Crippen LogP contribution in [-0.2, 0) is 11.2 Å². The van der Waals surface area contributed by atoms with Crippen LogP contribution in [0, 0.1) is 0 Å². The Kier molecular flexibility index (Phi) is 4.44. The first-order valence-electron chi connectivity index (χ1n) is 8.07. The van der Waals surface area contributed by atoms with Crippen LogP contribution in [-0.4, -0.2) is 23.6 Å². The summed E-state index contributed by atoms with van der Waals surface area (Å²) in [5, 5.41) is 16.2. The SMILES string of the molecule is O=C(CCCNC1CCCc2ccc(O)cc21)NC1CC1. The highest BCUT2D eigenvalue weighted by Crippen LogP contribution is 2.32. The van der Waals surface area contributed by atoms with E-state index in [0.29, 0.717) is 24.3 Å². The van der Waals surface area contributed by atoms with Crippen molar-refractivity contribution in [2.45, 2.75) is 57.0 Å². The molecule has 2 aliphatic carbocycles. The van der Waals surface area contributed by atoms with Crippen LogP contribution in [0.3, 0.4) is 0 Å². The van der Waals surface area contributed by atoms with Gasteiger partial charge in [0, 0.05) is 18.5 Å². The van der Waals surface area contributed by atoms with Crippen LogP contribution in [0.25, 0.3) is 0 Å². The van der Waals surface area contributed by atoms with Crippen molar-refractivity contribution >= 4 is 5.91 Å². The Morgan fingerprint density at radius 2 is 2.14 bits per heavy atom. The number of hydrogen-bond donors (Lipinski definition) is 3. The summed E-state index contributed by atoms with van der Waals surface area (Å²) in [5.41, 5.74) is 2.56. The molecule has 1 saturated carbocycles. The Morgan fingerprint density at radius 3 is 2.95 bits per heavy atom. The fourth-order valence-electron chi connectivity index (χ4n) is 3.05. The van der Waals surface area contributed by atoms with Crippen LogP contribution in [0.2, 0.25) is 0 Å². The zero-order valence-electron chi connectivity index (χ0n) is 12.4. The Balaban J connectivity index is 1.45. The van der Waals surface area contributed by atoms with Gasteiger partial charge in [-0.3, -0.25) is 4.79 Å². The maximum Gasteiger partial charge on any atom is 0.220 e. The quantitative estimate of drug-likeness (QED) is 0.705. The van der Waals surface area contributed by atoms with E-state index in [4.69, 9.17) is 0 Å². The zero-order valence-corrected chi connectivity index (χ0v) is 12.4. The van der Waals surface area contributed by atoms with Gasteiger partial charge in [-0.1, -0.05) is 6.07 Å². The van der Waals surface area contributed by atoms with Gasteiger partial charge in [0.1, 0.15) is 5.75 Å². The predicted octanol–water partition coefficient (Wildman–Crippen LogP) is 2.42. The van der Waals surface area contributed by atoms with E-state index in [1.54, 1.807) is 6.07 Å². The molecule has 1 atom stereocenters. The van der Waals surface area contributed by atoms with Gasteiger partial charge in [-0.25, -0.2) is 0 Å². The Bertz CT molecular complexity index is 512. The highest BCUT2D eigenvalue weighted by molar-refractivity contribution is 5.76. The number of benzene rings is 1. The molecule has 0 bridgehead atoms. The summed E-state index contributed by atoms with van der Waals surface area (Å²) in [5.74, 6) is 0.521. The number of aromatic hydroxyl groups is 1. The van der Waals surface area contributed by atoms with Crippen LogP contribution in [0.4, 0.5) is 0 Å². The first kappa shape index (κ1) is 14.4. The number of amides is 1. The molecule has 1 aromatic carbocycles. The smallest absolute Gasteiger partial charge is 0.220 e. The van der Waals surface area contributed by atoms with Crippen molar-refractivity contribution in [1.82, 2.24) is 10.6 Å². The normalized spacial score (nSPS) is 20.9. The third-order valence-electron chi connectivity index (χ3n) is 4.36. The minimum atomic E-state index is 0.181. The van der Waals surface area contributed by atoms with E-state index in [1.807, 2.05) is 12.1 Å². The van der Waals surface area contributed by atoms with E-state index >= 15 is 0 Å². The van der Waals surface area contributed by atoms with Crippen molar-refractivity contribution in [1.29, 1.82) is 0 Å². The lowest BCUT2D eigenvalue weighted by atomic mass is 9.87. The maximum absolute atomic E-state index is 11.6. The third-order valence-corrected chi connectivity index (χ3v) is 4.36. The summed E-state index contributed by atoms with van der Waals surface area (Å²) in [6.07, 6.45) is 7.13. The van der Waals surface area contributed by atoms with E-state index in [-0.39, 0.29) is 5.91 Å². The van der Waals surface area contributed by atoms with Crippen molar-refractivity contribution in [3.05, 3.63) is 29.3 Å². The number of carbonyl (C=O) groups excluding carboxylic acids is 1. The summed E-state index contributed by atoms with van der Waals surface area (Å²) in [6.45, 7) is 0.845. The average Bonchev–Trinajstić information content (AvgIpc) is 3.27. The number of phenolic OH excluding ortho intramolecular Hbond substituents is 1. The van der Waals surface area contributed by atoms with Gasteiger partial charge in [0.15, 0.2) is 0 Å². The summed E-state index contributed by atoms with van der Waals surface area (Å²) < 4.78 is 0. The Morgan fingerprint density at radius 1 is 1.29 bits per heavy atom. The molecule has 2 aliphatic rings. The van der Waals surface area contributed by atoms with Gasteiger partial charge in [0.05, 0.1) is 0 Å². The molecule has 21 heavy (non-hydrogen) atoms. The molecule has 4 nitrogen and oxygen atoms in total. The fourth-order valence-corrected chi connectivity index (χ4v) is 3.05. The van der Waals surface area contributed by atoms with Gasteiger partial charge in [0.25, 0.3) is 0 Å². The molecule has 0 spiro atoms. The number of hydrogen-bond acceptors (Lipinski definition) is 3. The van der Waals surface area contributed by atoms with Crippen LogP contribution in [0.5, 0.6) is 5.75 Å². The molecule has 3 rings (SSSR count). The van der Waals surface area contributed by atoms with E-state index in [2.05, 4.69) is 10.6 Å². The van der Waals surface area contributed by atoms with Crippen LogP contribution in [0.1, 0.15) is 55.7 Å². The Hall–Kier alpha value is -1.55. The second-order valence-corrected chi connectivity index (χ2v) is 6.23. The molecule has 1 fully saturated rings. The van der Waals surface area contributed by atoms with Gasteiger partial charge in [-0.15, -0.1) is 0 Å². The third kappa shape index (κ3) is 3.97. The summed E-state index contributed by atoms with van der Waals surface area (Å²) in [7, 11) is 0. The van der Waals surface area contributed by atoms with E-state index < -0.39 is 0 Å². The number of fused-ring (bicyclic) bond motifs is 1. The van der Waals surface area contributed by atoms with Crippen LogP contribution < -0.4 is 10.6 Å². The summed E-state index contributed by atoms with van der Waals surface area (Å²) in [4.78, 5) is 11.6. The first-order valence-corrected chi connectivity index (χ1v) is 8.07. The molecule has 1 unspecified atom stereocenters. The van der Waals surface area contributed by atoms with Crippen LogP contribution >= 0.6 is 0 Å². The van der Waals surface area contributed by atoms with Gasteiger partial charge in [-0.05, 0) is 68.3 Å². The van der Waals surface area contributed by atoms with Gasteiger partial charge < -0.3 is 15.7 Å². The molecular formula is C17H24N2O2. The van der Waals surface area contributed by atoms with Gasteiger partial charge >= 0.3 is 0 Å². The average molecular weight is 288 g/mol. The lowest BCUT2D eigenvalue weighted by Gasteiger charge is -2.26.